The Hall–Kier alpha value is -1.18. The van der Waals surface area contributed by atoms with Crippen molar-refractivity contribution in [1.82, 2.24) is 9.97 Å². The van der Waals surface area contributed by atoms with Crippen LogP contribution in [0.15, 0.2) is 22.0 Å². The number of halogens is 1. The van der Waals surface area contributed by atoms with Gasteiger partial charge in [-0.2, -0.15) is 0 Å². The van der Waals surface area contributed by atoms with Crippen molar-refractivity contribution in [3.63, 3.8) is 0 Å². The van der Waals surface area contributed by atoms with Crippen LogP contribution in [0, 0.1) is 0 Å². The highest BCUT2D eigenvalue weighted by atomic mass is 79.9. The quantitative estimate of drug-likeness (QED) is 0.547. The number of hydrogen-bond acceptors (Lipinski definition) is 6. The molecule has 4 N–H and O–H groups in total. The number of hydrazine groups is 1. The average Bonchev–Trinajstić information content (AvgIpc) is 2.84. The average molecular weight is 356 g/mol. The molecule has 7 heteroatoms. The maximum Gasteiger partial charge on any atom is 0.145 e. The highest BCUT2D eigenvalue weighted by Gasteiger charge is 2.07. The molecule has 2 aromatic heterocycles. The zero-order valence-corrected chi connectivity index (χ0v) is 13.9. The van der Waals surface area contributed by atoms with Crippen molar-refractivity contribution in [3.8, 4) is 0 Å². The SMILES string of the molecule is CC(C)c1nc(NN)cc(NCCc2ccc(Br)s2)n1. The molecular formula is C13H18BrN5S. The Bertz CT molecular complexity index is 570. The Morgan fingerprint density at radius 1 is 1.30 bits per heavy atom. The Morgan fingerprint density at radius 2 is 2.05 bits per heavy atom. The third-order valence-corrected chi connectivity index (χ3v) is 4.40. The normalized spacial score (nSPS) is 10.8. The molecule has 0 unspecified atom stereocenters. The molecule has 2 aromatic rings. The van der Waals surface area contributed by atoms with Crippen LogP contribution in [0.25, 0.3) is 0 Å². The van der Waals surface area contributed by atoms with Crippen molar-refractivity contribution in [2.24, 2.45) is 5.84 Å². The summed E-state index contributed by atoms with van der Waals surface area (Å²) < 4.78 is 1.16. The summed E-state index contributed by atoms with van der Waals surface area (Å²) in [6.45, 7) is 4.94. The molecule has 5 nitrogen and oxygen atoms in total. The fraction of sp³-hybridized carbons (Fsp3) is 0.385. The van der Waals surface area contributed by atoms with E-state index in [0.29, 0.717) is 5.82 Å². The van der Waals surface area contributed by atoms with Gasteiger partial charge in [-0.1, -0.05) is 13.8 Å². The zero-order chi connectivity index (χ0) is 14.5. The van der Waals surface area contributed by atoms with Crippen LogP contribution >= 0.6 is 27.3 Å². The van der Waals surface area contributed by atoms with E-state index in [1.165, 1.54) is 4.88 Å². The van der Waals surface area contributed by atoms with Crippen LogP contribution in [0.1, 0.15) is 30.5 Å². The summed E-state index contributed by atoms with van der Waals surface area (Å²) in [5.41, 5.74) is 2.58. The van der Waals surface area contributed by atoms with Crippen molar-refractivity contribution in [2.45, 2.75) is 26.2 Å². The number of thiophene rings is 1. The topological polar surface area (TPSA) is 75.9 Å². The molecule has 108 valence electrons. The van der Waals surface area contributed by atoms with Crippen molar-refractivity contribution in [1.29, 1.82) is 0 Å². The second kappa shape index (κ2) is 7.01. The monoisotopic (exact) mass is 355 g/mol. The molecule has 0 saturated heterocycles. The summed E-state index contributed by atoms with van der Waals surface area (Å²) in [7, 11) is 0. The smallest absolute Gasteiger partial charge is 0.145 e. The van der Waals surface area contributed by atoms with Crippen LogP contribution < -0.4 is 16.6 Å². The van der Waals surface area contributed by atoms with Crippen LogP contribution in [-0.2, 0) is 6.42 Å². The van der Waals surface area contributed by atoms with E-state index in [0.717, 1.165) is 28.4 Å². The molecule has 0 fully saturated rings. The molecule has 0 atom stereocenters. The first-order valence-electron chi connectivity index (χ1n) is 6.42. The molecule has 0 aliphatic carbocycles. The van der Waals surface area contributed by atoms with Crippen LogP contribution in [0.4, 0.5) is 11.6 Å². The Balaban J connectivity index is 1.99. The Morgan fingerprint density at radius 3 is 2.65 bits per heavy atom. The number of aromatic nitrogens is 2. The number of hydrogen-bond donors (Lipinski definition) is 3. The van der Waals surface area contributed by atoms with Crippen LogP contribution in [0.2, 0.25) is 0 Å². The van der Waals surface area contributed by atoms with Gasteiger partial charge in [-0.05, 0) is 34.5 Å². The van der Waals surface area contributed by atoms with E-state index in [-0.39, 0.29) is 5.92 Å². The van der Waals surface area contributed by atoms with Crippen molar-refractivity contribution >= 4 is 38.9 Å². The van der Waals surface area contributed by atoms with E-state index in [1.54, 1.807) is 11.3 Å². The molecule has 0 aromatic carbocycles. The van der Waals surface area contributed by atoms with Gasteiger partial charge in [0.15, 0.2) is 0 Å². The van der Waals surface area contributed by atoms with Gasteiger partial charge in [0, 0.05) is 23.4 Å². The van der Waals surface area contributed by atoms with Gasteiger partial charge in [0.2, 0.25) is 0 Å². The number of nitrogen functional groups attached to an aromatic ring is 1. The predicted molar refractivity (Wildman–Crippen MR) is 88.1 cm³/mol. The molecular weight excluding hydrogens is 338 g/mol. The second-order valence-corrected chi connectivity index (χ2v) is 7.23. The number of nitrogens with two attached hydrogens (primary N) is 1. The number of anilines is 2. The van der Waals surface area contributed by atoms with Crippen LogP contribution in [0.3, 0.4) is 0 Å². The molecule has 0 amide bonds. The van der Waals surface area contributed by atoms with Gasteiger partial charge in [-0.3, -0.25) is 0 Å². The van der Waals surface area contributed by atoms with Gasteiger partial charge in [0.05, 0.1) is 3.79 Å². The van der Waals surface area contributed by atoms with Crippen molar-refractivity contribution < 1.29 is 0 Å². The lowest BCUT2D eigenvalue weighted by atomic mass is 10.2. The van der Waals surface area contributed by atoms with E-state index in [4.69, 9.17) is 5.84 Å². The lowest BCUT2D eigenvalue weighted by Crippen LogP contribution is -2.13. The minimum Gasteiger partial charge on any atom is -0.370 e. The van der Waals surface area contributed by atoms with Gasteiger partial charge in [0.1, 0.15) is 17.5 Å². The lowest BCUT2D eigenvalue weighted by Gasteiger charge is -2.11. The number of rotatable bonds is 6. The van der Waals surface area contributed by atoms with Gasteiger partial charge in [-0.15, -0.1) is 11.3 Å². The van der Waals surface area contributed by atoms with E-state index < -0.39 is 0 Å². The summed E-state index contributed by atoms with van der Waals surface area (Å²) in [5.74, 6) is 7.91. The minimum absolute atomic E-state index is 0.261. The molecule has 20 heavy (non-hydrogen) atoms. The Labute approximate surface area is 131 Å². The van der Waals surface area contributed by atoms with E-state index in [9.17, 15) is 0 Å². The summed E-state index contributed by atoms with van der Waals surface area (Å²) >= 11 is 5.22. The largest absolute Gasteiger partial charge is 0.370 e. The highest BCUT2D eigenvalue weighted by Crippen LogP contribution is 2.22. The Kier molecular flexibility index (Phi) is 5.33. The third-order valence-electron chi connectivity index (χ3n) is 2.71. The van der Waals surface area contributed by atoms with Gasteiger partial charge in [-0.25, -0.2) is 15.8 Å². The minimum atomic E-state index is 0.261. The highest BCUT2D eigenvalue weighted by molar-refractivity contribution is 9.11. The van der Waals surface area contributed by atoms with Crippen molar-refractivity contribution in [3.05, 3.63) is 32.7 Å². The molecule has 2 rings (SSSR count). The first-order chi connectivity index (χ1) is 9.58. The molecule has 0 radical (unpaired) electrons. The predicted octanol–water partition coefficient (Wildman–Crippen LogP) is 3.36. The summed E-state index contributed by atoms with van der Waals surface area (Å²) in [6, 6.07) is 6.01. The molecule has 0 spiro atoms. The van der Waals surface area contributed by atoms with Gasteiger partial charge in [0.25, 0.3) is 0 Å². The van der Waals surface area contributed by atoms with E-state index in [1.807, 2.05) is 6.07 Å². The number of nitrogens with one attached hydrogen (secondary N) is 2. The van der Waals surface area contributed by atoms with Crippen molar-refractivity contribution in [2.75, 3.05) is 17.3 Å². The van der Waals surface area contributed by atoms with Crippen LogP contribution in [0.5, 0.6) is 0 Å². The van der Waals surface area contributed by atoms with Gasteiger partial charge < -0.3 is 10.7 Å². The van der Waals surface area contributed by atoms with Gasteiger partial charge >= 0.3 is 0 Å². The lowest BCUT2D eigenvalue weighted by molar-refractivity contribution is 0.775. The molecule has 0 aliphatic heterocycles. The number of nitrogens with zero attached hydrogens (tertiary/aromatic N) is 2. The molecule has 0 saturated carbocycles. The maximum absolute atomic E-state index is 5.44. The summed E-state index contributed by atoms with van der Waals surface area (Å²) in [4.78, 5) is 10.2. The molecule has 2 heterocycles. The zero-order valence-electron chi connectivity index (χ0n) is 11.5. The van der Waals surface area contributed by atoms with Crippen LogP contribution in [-0.4, -0.2) is 16.5 Å². The fourth-order valence-electron chi connectivity index (χ4n) is 1.69. The second-order valence-electron chi connectivity index (χ2n) is 4.68. The first kappa shape index (κ1) is 15.2. The third kappa shape index (κ3) is 4.16. The fourth-order valence-corrected chi connectivity index (χ4v) is 3.17. The van der Waals surface area contributed by atoms with E-state index in [2.05, 4.69) is 62.6 Å². The maximum atomic E-state index is 5.44. The summed E-state index contributed by atoms with van der Waals surface area (Å²) in [5, 5.41) is 3.32. The first-order valence-corrected chi connectivity index (χ1v) is 8.03. The molecule has 0 bridgehead atoms. The molecule has 0 aliphatic rings. The summed E-state index contributed by atoms with van der Waals surface area (Å²) in [6.07, 6.45) is 0.961. The standard InChI is InChI=1S/C13H18BrN5S/c1-8(2)13-17-11(7-12(18-13)19-15)16-6-5-9-3-4-10(14)20-9/h3-4,7-8H,5-6,15H2,1-2H3,(H2,16,17,18,19). The van der Waals surface area contributed by atoms with E-state index >= 15 is 0 Å².